The first-order valence-corrected chi connectivity index (χ1v) is 7.42. The summed E-state index contributed by atoms with van der Waals surface area (Å²) >= 11 is 0. The van der Waals surface area contributed by atoms with E-state index >= 15 is 0 Å². The number of nitrogens with zero attached hydrogens (tertiary/aromatic N) is 1. The molecule has 1 N–H and O–H groups in total. The van der Waals surface area contributed by atoms with Crippen LogP contribution in [-0.4, -0.2) is 18.0 Å². The number of furan rings is 1. The summed E-state index contributed by atoms with van der Waals surface area (Å²) in [4.78, 5) is 2.12. The normalized spacial score (nSPS) is 14.8. The van der Waals surface area contributed by atoms with Crippen LogP contribution in [0.15, 0.2) is 41.0 Å². The standard InChI is InChI=1S/C17H21FN2O/c1-20(10-13-3-2-4-15(18)7-13)11-17-8-14(12-21-17)9-19-16-5-6-16/h2-4,7-8,12,16,19H,5-6,9-11H2,1H3. The van der Waals surface area contributed by atoms with Crippen molar-refractivity contribution in [2.45, 2.75) is 38.5 Å². The molecule has 1 saturated carbocycles. The highest BCUT2D eigenvalue weighted by Gasteiger charge is 2.20. The van der Waals surface area contributed by atoms with Crippen LogP contribution in [0.2, 0.25) is 0 Å². The highest BCUT2D eigenvalue weighted by molar-refractivity contribution is 5.17. The van der Waals surface area contributed by atoms with Gasteiger partial charge in [-0.05, 0) is 43.7 Å². The maximum atomic E-state index is 13.2. The molecule has 0 amide bonds. The zero-order valence-corrected chi connectivity index (χ0v) is 12.3. The van der Waals surface area contributed by atoms with Crippen molar-refractivity contribution in [1.29, 1.82) is 0 Å². The van der Waals surface area contributed by atoms with E-state index in [0.29, 0.717) is 12.6 Å². The molecule has 4 heteroatoms. The summed E-state index contributed by atoms with van der Waals surface area (Å²) in [6, 6.07) is 9.52. The van der Waals surface area contributed by atoms with Crippen molar-refractivity contribution in [3.63, 3.8) is 0 Å². The molecule has 1 aliphatic carbocycles. The topological polar surface area (TPSA) is 28.4 Å². The third-order valence-corrected chi connectivity index (χ3v) is 3.65. The summed E-state index contributed by atoms with van der Waals surface area (Å²) in [5.74, 6) is 0.758. The van der Waals surface area contributed by atoms with Crippen molar-refractivity contribution >= 4 is 0 Å². The predicted octanol–water partition coefficient (Wildman–Crippen LogP) is 3.30. The van der Waals surface area contributed by atoms with Crippen LogP contribution in [0.3, 0.4) is 0 Å². The van der Waals surface area contributed by atoms with Crippen molar-refractivity contribution in [1.82, 2.24) is 10.2 Å². The fourth-order valence-corrected chi connectivity index (χ4v) is 2.42. The largest absolute Gasteiger partial charge is 0.468 e. The lowest BCUT2D eigenvalue weighted by Gasteiger charge is -2.15. The first-order valence-electron chi connectivity index (χ1n) is 7.42. The Hall–Kier alpha value is -1.65. The van der Waals surface area contributed by atoms with Crippen LogP contribution in [0.25, 0.3) is 0 Å². The van der Waals surface area contributed by atoms with Gasteiger partial charge in [-0.15, -0.1) is 0 Å². The monoisotopic (exact) mass is 288 g/mol. The van der Waals surface area contributed by atoms with E-state index in [2.05, 4.69) is 16.3 Å². The van der Waals surface area contributed by atoms with Gasteiger partial charge in [0.05, 0.1) is 12.8 Å². The molecule has 1 heterocycles. The number of nitrogens with one attached hydrogen (secondary N) is 1. The minimum Gasteiger partial charge on any atom is -0.468 e. The third-order valence-electron chi connectivity index (χ3n) is 3.65. The fraction of sp³-hybridized carbons (Fsp3) is 0.412. The van der Waals surface area contributed by atoms with Gasteiger partial charge in [0.2, 0.25) is 0 Å². The van der Waals surface area contributed by atoms with Gasteiger partial charge in [0.15, 0.2) is 0 Å². The molecule has 0 aliphatic heterocycles. The predicted molar refractivity (Wildman–Crippen MR) is 80.1 cm³/mol. The van der Waals surface area contributed by atoms with Gasteiger partial charge in [-0.1, -0.05) is 12.1 Å². The van der Waals surface area contributed by atoms with E-state index in [1.54, 1.807) is 12.1 Å². The molecule has 1 fully saturated rings. The molecule has 0 atom stereocenters. The van der Waals surface area contributed by atoms with Crippen LogP contribution in [0.4, 0.5) is 4.39 Å². The summed E-state index contributed by atoms with van der Waals surface area (Å²) in [6.07, 6.45) is 4.41. The molecular formula is C17H21FN2O. The molecule has 0 bridgehead atoms. The molecule has 3 rings (SSSR count). The van der Waals surface area contributed by atoms with Crippen LogP contribution >= 0.6 is 0 Å². The van der Waals surface area contributed by atoms with Crippen molar-refractivity contribution < 1.29 is 8.81 Å². The Morgan fingerprint density at radius 1 is 1.24 bits per heavy atom. The Morgan fingerprint density at radius 3 is 2.86 bits per heavy atom. The second-order valence-corrected chi connectivity index (χ2v) is 5.88. The molecule has 1 aliphatic rings. The molecule has 3 nitrogen and oxygen atoms in total. The van der Waals surface area contributed by atoms with Crippen molar-refractivity contribution in [3.05, 3.63) is 59.3 Å². The smallest absolute Gasteiger partial charge is 0.123 e. The number of halogens is 1. The Balaban J connectivity index is 1.50. The van der Waals surface area contributed by atoms with Crippen LogP contribution in [0.1, 0.15) is 29.7 Å². The maximum absolute atomic E-state index is 13.2. The molecule has 1 aromatic heterocycles. The number of rotatable bonds is 7. The summed E-state index contributed by atoms with van der Waals surface area (Å²) < 4.78 is 18.8. The molecule has 2 aromatic rings. The zero-order valence-electron chi connectivity index (χ0n) is 12.3. The lowest BCUT2D eigenvalue weighted by molar-refractivity contribution is 0.287. The van der Waals surface area contributed by atoms with E-state index in [9.17, 15) is 4.39 Å². The summed E-state index contributed by atoms with van der Waals surface area (Å²) in [6.45, 7) is 2.30. The van der Waals surface area contributed by atoms with Crippen molar-refractivity contribution in [2.24, 2.45) is 0 Å². The number of hydrogen-bond donors (Lipinski definition) is 1. The van der Waals surface area contributed by atoms with Gasteiger partial charge in [0.25, 0.3) is 0 Å². The zero-order chi connectivity index (χ0) is 14.7. The van der Waals surface area contributed by atoms with Crippen LogP contribution in [-0.2, 0) is 19.6 Å². The number of hydrogen-bond acceptors (Lipinski definition) is 3. The maximum Gasteiger partial charge on any atom is 0.123 e. The Kier molecular flexibility index (Phi) is 4.36. The first kappa shape index (κ1) is 14.3. The molecular weight excluding hydrogens is 267 g/mol. The van der Waals surface area contributed by atoms with Gasteiger partial charge in [0.1, 0.15) is 11.6 Å². The van der Waals surface area contributed by atoms with E-state index in [4.69, 9.17) is 4.42 Å². The number of benzene rings is 1. The molecule has 112 valence electrons. The quantitative estimate of drug-likeness (QED) is 0.847. The van der Waals surface area contributed by atoms with Gasteiger partial charge in [-0.2, -0.15) is 0 Å². The van der Waals surface area contributed by atoms with Gasteiger partial charge >= 0.3 is 0 Å². The lowest BCUT2D eigenvalue weighted by Crippen LogP contribution is -2.17. The molecule has 1 aromatic carbocycles. The summed E-state index contributed by atoms with van der Waals surface area (Å²) in [5, 5.41) is 3.47. The van der Waals surface area contributed by atoms with Crippen molar-refractivity contribution in [2.75, 3.05) is 7.05 Å². The third kappa shape index (κ3) is 4.41. The van der Waals surface area contributed by atoms with Crippen LogP contribution in [0.5, 0.6) is 0 Å². The lowest BCUT2D eigenvalue weighted by atomic mass is 10.2. The van der Waals surface area contributed by atoms with E-state index < -0.39 is 0 Å². The molecule has 21 heavy (non-hydrogen) atoms. The van der Waals surface area contributed by atoms with E-state index in [1.807, 2.05) is 19.4 Å². The van der Waals surface area contributed by atoms with Gasteiger partial charge in [0, 0.05) is 24.7 Å². The van der Waals surface area contributed by atoms with Gasteiger partial charge < -0.3 is 9.73 Å². The minimum absolute atomic E-state index is 0.188. The van der Waals surface area contributed by atoms with E-state index in [0.717, 1.165) is 24.4 Å². The second-order valence-electron chi connectivity index (χ2n) is 5.88. The second kappa shape index (κ2) is 6.41. The fourth-order valence-electron chi connectivity index (χ4n) is 2.42. The molecule has 0 spiro atoms. The Bertz CT molecular complexity index is 592. The molecule has 0 unspecified atom stereocenters. The Labute approximate surface area is 124 Å². The molecule has 0 radical (unpaired) electrons. The van der Waals surface area contributed by atoms with Gasteiger partial charge in [-0.25, -0.2) is 4.39 Å². The van der Waals surface area contributed by atoms with E-state index in [1.165, 1.54) is 24.5 Å². The van der Waals surface area contributed by atoms with E-state index in [-0.39, 0.29) is 5.82 Å². The molecule has 0 saturated heterocycles. The van der Waals surface area contributed by atoms with Gasteiger partial charge in [-0.3, -0.25) is 4.90 Å². The average Bonchev–Trinajstić information content (AvgIpc) is 3.17. The Morgan fingerprint density at radius 2 is 2.10 bits per heavy atom. The highest BCUT2D eigenvalue weighted by atomic mass is 19.1. The van der Waals surface area contributed by atoms with Crippen molar-refractivity contribution in [3.8, 4) is 0 Å². The first-order chi connectivity index (χ1) is 10.2. The minimum atomic E-state index is -0.188. The van der Waals surface area contributed by atoms with Crippen LogP contribution < -0.4 is 5.32 Å². The average molecular weight is 288 g/mol. The summed E-state index contributed by atoms with van der Waals surface area (Å²) in [5.41, 5.74) is 2.16. The van der Waals surface area contributed by atoms with Crippen LogP contribution in [0, 0.1) is 5.82 Å². The summed E-state index contributed by atoms with van der Waals surface area (Å²) in [7, 11) is 2.01. The highest BCUT2D eigenvalue weighted by Crippen LogP contribution is 2.20. The SMILES string of the molecule is CN(Cc1cccc(F)c1)Cc1cc(CNC2CC2)co1.